The number of furan rings is 1. The van der Waals surface area contributed by atoms with Crippen molar-refractivity contribution in [2.24, 2.45) is 0 Å². The van der Waals surface area contributed by atoms with Gasteiger partial charge in [0.15, 0.2) is 0 Å². The molecule has 1 N–H and O–H groups in total. The zero-order chi connectivity index (χ0) is 18.1. The second-order valence-corrected chi connectivity index (χ2v) is 6.86. The van der Waals surface area contributed by atoms with Crippen LogP contribution in [0.15, 0.2) is 52.0 Å². The lowest BCUT2D eigenvalue weighted by Gasteiger charge is -2.11. The van der Waals surface area contributed by atoms with Gasteiger partial charge in [0.1, 0.15) is 5.58 Å². The van der Waals surface area contributed by atoms with E-state index in [9.17, 15) is 14.4 Å². The Labute approximate surface area is 153 Å². The molecule has 2 aliphatic rings. The van der Waals surface area contributed by atoms with E-state index >= 15 is 0 Å². The van der Waals surface area contributed by atoms with Crippen LogP contribution in [0.1, 0.15) is 11.1 Å². The molecule has 2 aliphatic heterocycles. The Morgan fingerprint density at radius 3 is 2.77 bits per heavy atom. The van der Waals surface area contributed by atoms with Gasteiger partial charge < -0.3 is 9.32 Å². The number of imide groups is 1. The van der Waals surface area contributed by atoms with Gasteiger partial charge in [0.2, 0.25) is 5.91 Å². The van der Waals surface area contributed by atoms with Crippen LogP contribution in [-0.4, -0.2) is 35.0 Å². The first-order valence-electron chi connectivity index (χ1n) is 7.98. The van der Waals surface area contributed by atoms with Crippen molar-refractivity contribution in [3.63, 3.8) is 0 Å². The number of amides is 3. The lowest BCUT2D eigenvalue weighted by Crippen LogP contribution is -2.26. The third-order valence-electron chi connectivity index (χ3n) is 4.10. The van der Waals surface area contributed by atoms with Gasteiger partial charge in [-0.15, -0.1) is 0 Å². The zero-order valence-electron chi connectivity index (χ0n) is 13.6. The van der Waals surface area contributed by atoms with Crippen LogP contribution < -0.4 is 5.32 Å². The van der Waals surface area contributed by atoms with Crippen molar-refractivity contribution in [3.8, 4) is 0 Å². The van der Waals surface area contributed by atoms with E-state index < -0.39 is 5.91 Å². The van der Waals surface area contributed by atoms with Gasteiger partial charge in [-0.3, -0.25) is 19.7 Å². The standard InChI is InChI=1S/C19H14N2O4S/c22-17(21-7-1-2-8-21)6-4-13-11-25-15-5-3-12(9-14(13)15)10-16-18(23)20-19(24)26-16/h1-6,9-11H,7-8H2,(H,20,23,24)/b6-4+,16-10-. The molecular formula is C19H14N2O4S. The summed E-state index contributed by atoms with van der Waals surface area (Å²) in [7, 11) is 0. The maximum Gasteiger partial charge on any atom is 0.290 e. The molecule has 1 fully saturated rings. The lowest BCUT2D eigenvalue weighted by molar-refractivity contribution is -0.124. The van der Waals surface area contributed by atoms with Crippen LogP contribution in [0.2, 0.25) is 0 Å². The smallest absolute Gasteiger partial charge is 0.290 e. The van der Waals surface area contributed by atoms with E-state index in [2.05, 4.69) is 5.32 Å². The molecule has 26 heavy (non-hydrogen) atoms. The van der Waals surface area contributed by atoms with Crippen molar-refractivity contribution in [2.45, 2.75) is 0 Å². The summed E-state index contributed by atoms with van der Waals surface area (Å²) in [4.78, 5) is 37.1. The molecule has 130 valence electrons. The van der Waals surface area contributed by atoms with Gasteiger partial charge >= 0.3 is 0 Å². The van der Waals surface area contributed by atoms with Crippen LogP contribution in [0.4, 0.5) is 4.79 Å². The molecule has 1 aromatic carbocycles. The van der Waals surface area contributed by atoms with E-state index in [4.69, 9.17) is 4.42 Å². The van der Waals surface area contributed by atoms with Crippen LogP contribution in [0.5, 0.6) is 0 Å². The molecule has 4 rings (SSSR count). The first-order chi connectivity index (χ1) is 12.6. The van der Waals surface area contributed by atoms with Crippen LogP contribution in [0.25, 0.3) is 23.1 Å². The molecule has 0 saturated carbocycles. The van der Waals surface area contributed by atoms with Crippen molar-refractivity contribution in [2.75, 3.05) is 13.1 Å². The Kier molecular flexibility index (Phi) is 4.22. The third-order valence-corrected chi connectivity index (χ3v) is 4.91. The van der Waals surface area contributed by atoms with E-state index in [0.717, 1.165) is 28.3 Å². The summed E-state index contributed by atoms with van der Waals surface area (Å²) in [5.74, 6) is -0.447. The number of nitrogens with one attached hydrogen (secondary N) is 1. The molecule has 6 nitrogen and oxygen atoms in total. The maximum absolute atomic E-state index is 12.1. The summed E-state index contributed by atoms with van der Waals surface area (Å²) in [5.41, 5.74) is 2.23. The van der Waals surface area contributed by atoms with E-state index in [0.29, 0.717) is 23.6 Å². The Morgan fingerprint density at radius 1 is 1.23 bits per heavy atom. The highest BCUT2D eigenvalue weighted by molar-refractivity contribution is 8.18. The zero-order valence-corrected chi connectivity index (χ0v) is 14.4. The van der Waals surface area contributed by atoms with Crippen LogP contribution in [-0.2, 0) is 9.59 Å². The quantitative estimate of drug-likeness (QED) is 0.667. The summed E-state index contributed by atoms with van der Waals surface area (Å²) in [6, 6.07) is 5.47. The molecule has 0 atom stereocenters. The average Bonchev–Trinajstić information content (AvgIpc) is 3.34. The largest absolute Gasteiger partial charge is 0.464 e. The molecule has 3 amide bonds. The molecule has 0 spiro atoms. The summed E-state index contributed by atoms with van der Waals surface area (Å²) in [6.07, 6.45) is 10.4. The van der Waals surface area contributed by atoms with E-state index in [1.165, 1.54) is 6.08 Å². The van der Waals surface area contributed by atoms with Crippen molar-refractivity contribution in [3.05, 3.63) is 58.7 Å². The van der Waals surface area contributed by atoms with E-state index in [-0.39, 0.29) is 11.1 Å². The monoisotopic (exact) mass is 366 g/mol. The summed E-state index contributed by atoms with van der Waals surface area (Å²) in [5, 5.41) is 2.69. The third kappa shape index (κ3) is 3.21. The van der Waals surface area contributed by atoms with Gasteiger partial charge in [-0.25, -0.2) is 0 Å². The minimum atomic E-state index is -0.391. The van der Waals surface area contributed by atoms with Gasteiger partial charge in [-0.2, -0.15) is 0 Å². The highest BCUT2D eigenvalue weighted by Crippen LogP contribution is 2.28. The van der Waals surface area contributed by atoms with Gasteiger partial charge in [0.05, 0.1) is 11.2 Å². The number of fused-ring (bicyclic) bond motifs is 1. The highest BCUT2D eigenvalue weighted by atomic mass is 32.2. The Balaban J connectivity index is 1.60. The first-order valence-corrected chi connectivity index (χ1v) is 8.80. The van der Waals surface area contributed by atoms with Crippen LogP contribution in [0, 0.1) is 0 Å². The number of benzene rings is 1. The molecule has 0 unspecified atom stereocenters. The lowest BCUT2D eigenvalue weighted by atomic mass is 10.1. The molecule has 0 aliphatic carbocycles. The molecule has 2 aromatic rings. The van der Waals surface area contributed by atoms with Gasteiger partial charge in [0.25, 0.3) is 11.1 Å². The number of thioether (sulfide) groups is 1. The second-order valence-electron chi connectivity index (χ2n) is 5.85. The number of hydrogen-bond donors (Lipinski definition) is 1. The number of nitrogens with zero attached hydrogens (tertiary/aromatic N) is 1. The molecule has 7 heteroatoms. The molecule has 3 heterocycles. The molecular weight excluding hydrogens is 352 g/mol. The minimum Gasteiger partial charge on any atom is -0.464 e. The Morgan fingerprint density at radius 2 is 2.04 bits per heavy atom. The highest BCUT2D eigenvalue weighted by Gasteiger charge is 2.25. The Bertz CT molecular complexity index is 1010. The van der Waals surface area contributed by atoms with E-state index in [1.54, 1.807) is 29.4 Å². The summed E-state index contributed by atoms with van der Waals surface area (Å²) >= 11 is 0.876. The second kappa shape index (κ2) is 6.68. The number of rotatable bonds is 3. The van der Waals surface area contributed by atoms with Crippen molar-refractivity contribution < 1.29 is 18.8 Å². The predicted molar refractivity (Wildman–Crippen MR) is 100 cm³/mol. The minimum absolute atomic E-state index is 0.0554. The molecule has 1 saturated heterocycles. The van der Waals surface area contributed by atoms with Crippen molar-refractivity contribution >= 4 is 51.9 Å². The number of hydrogen-bond acceptors (Lipinski definition) is 5. The fourth-order valence-electron chi connectivity index (χ4n) is 2.78. The summed E-state index contributed by atoms with van der Waals surface area (Å²) in [6.45, 7) is 1.26. The van der Waals surface area contributed by atoms with Gasteiger partial charge in [-0.05, 0) is 41.6 Å². The van der Waals surface area contributed by atoms with Gasteiger partial charge in [0, 0.05) is 30.1 Å². The fraction of sp³-hybridized carbons (Fsp3) is 0.105. The number of carbonyl (C=O) groups excluding carboxylic acids is 3. The molecule has 1 aromatic heterocycles. The first kappa shape index (κ1) is 16.4. The SMILES string of the molecule is O=C1NC(=O)/C(=C/c2ccc3occ(/C=C/C(=O)N4CC=CC4)c3c2)S1. The van der Waals surface area contributed by atoms with Gasteiger partial charge in [-0.1, -0.05) is 18.2 Å². The van der Waals surface area contributed by atoms with Crippen molar-refractivity contribution in [1.82, 2.24) is 10.2 Å². The topological polar surface area (TPSA) is 79.6 Å². The number of carbonyl (C=O) groups is 3. The average molecular weight is 366 g/mol. The predicted octanol–water partition coefficient (Wildman–Crippen LogP) is 3.17. The normalized spacial score (nSPS) is 18.6. The molecule has 0 radical (unpaired) electrons. The maximum atomic E-state index is 12.1. The summed E-state index contributed by atoms with van der Waals surface area (Å²) < 4.78 is 5.52. The van der Waals surface area contributed by atoms with Crippen LogP contribution >= 0.6 is 11.8 Å². The van der Waals surface area contributed by atoms with E-state index in [1.807, 2.05) is 24.3 Å². The van der Waals surface area contributed by atoms with Crippen LogP contribution in [0.3, 0.4) is 0 Å². The Hall–Kier alpha value is -3.06. The fourth-order valence-corrected chi connectivity index (χ4v) is 3.46. The van der Waals surface area contributed by atoms with Crippen molar-refractivity contribution in [1.29, 1.82) is 0 Å². The molecule has 0 bridgehead atoms.